The zero-order chi connectivity index (χ0) is 34.4. The van der Waals surface area contributed by atoms with Crippen LogP contribution in [0.3, 0.4) is 0 Å². The fourth-order valence-electron chi connectivity index (χ4n) is 7.44. The molecule has 254 valence electrons. The Bertz CT molecular complexity index is 2190. The maximum atomic E-state index is 16.3. The molecule has 0 bridgehead atoms. The van der Waals surface area contributed by atoms with Crippen LogP contribution in [0.4, 0.5) is 15.8 Å². The summed E-state index contributed by atoms with van der Waals surface area (Å²) in [5.41, 5.74) is 3.86. The van der Waals surface area contributed by atoms with Gasteiger partial charge in [-0.3, -0.25) is 19.4 Å². The number of nitrogens with one attached hydrogen (secondary N) is 2. The smallest absolute Gasteiger partial charge is 0.259 e. The third-order valence-corrected chi connectivity index (χ3v) is 10.0. The number of carbonyl (C=O) groups excluding carboxylic acids is 2. The quantitative estimate of drug-likeness (QED) is 0.205. The van der Waals surface area contributed by atoms with Gasteiger partial charge in [-0.1, -0.05) is 36.4 Å². The average molecular weight is 673 g/mol. The number of hydrogen-bond donors (Lipinski definition) is 2. The monoisotopic (exact) mass is 672 g/mol. The van der Waals surface area contributed by atoms with E-state index in [0.29, 0.717) is 55.9 Å². The molecule has 0 spiro atoms. The second-order valence-corrected chi connectivity index (χ2v) is 13.2. The third kappa shape index (κ3) is 5.72. The molecule has 50 heavy (non-hydrogen) atoms. The molecule has 2 amide bonds. The van der Waals surface area contributed by atoms with Gasteiger partial charge < -0.3 is 29.7 Å². The van der Waals surface area contributed by atoms with Crippen molar-refractivity contribution in [1.29, 1.82) is 0 Å². The molecular formula is C39H37FN6O4. The maximum absolute atomic E-state index is 16.3. The lowest BCUT2D eigenvalue weighted by Crippen LogP contribution is -2.37. The fourth-order valence-corrected chi connectivity index (χ4v) is 7.44. The lowest BCUT2D eigenvalue weighted by molar-refractivity contribution is -0.121. The van der Waals surface area contributed by atoms with Crippen LogP contribution in [0.1, 0.15) is 46.8 Å². The largest absolute Gasteiger partial charge is 0.451 e. The lowest BCUT2D eigenvalue weighted by atomic mass is 9.96. The number of benzene rings is 3. The van der Waals surface area contributed by atoms with Crippen LogP contribution in [0.15, 0.2) is 90.0 Å². The molecule has 3 aliphatic heterocycles. The Balaban J connectivity index is 1.05. The van der Waals surface area contributed by atoms with Crippen LogP contribution in [0.5, 0.6) is 11.5 Å². The van der Waals surface area contributed by atoms with E-state index in [2.05, 4.69) is 27.8 Å². The highest BCUT2D eigenvalue weighted by atomic mass is 19.1. The summed E-state index contributed by atoms with van der Waals surface area (Å²) < 4.78 is 24.4. The van der Waals surface area contributed by atoms with Crippen molar-refractivity contribution in [2.24, 2.45) is 0 Å². The van der Waals surface area contributed by atoms with E-state index >= 15 is 4.39 Å². The first-order chi connectivity index (χ1) is 24.4. The van der Waals surface area contributed by atoms with Gasteiger partial charge in [-0.25, -0.2) is 4.39 Å². The van der Waals surface area contributed by atoms with Crippen molar-refractivity contribution in [2.45, 2.75) is 37.6 Å². The summed E-state index contributed by atoms with van der Waals surface area (Å²) in [6.45, 7) is 2.05. The summed E-state index contributed by atoms with van der Waals surface area (Å²) in [4.78, 5) is 48.3. The number of anilines is 2. The van der Waals surface area contributed by atoms with E-state index < -0.39 is 17.2 Å². The van der Waals surface area contributed by atoms with E-state index in [9.17, 15) is 14.4 Å². The number of nitrogens with zero attached hydrogens (tertiary/aromatic N) is 4. The van der Waals surface area contributed by atoms with Gasteiger partial charge >= 0.3 is 0 Å². The van der Waals surface area contributed by atoms with Gasteiger partial charge in [-0.2, -0.15) is 0 Å². The van der Waals surface area contributed by atoms with E-state index in [-0.39, 0.29) is 40.3 Å². The van der Waals surface area contributed by atoms with Crippen molar-refractivity contribution in [3.05, 3.63) is 118 Å². The van der Waals surface area contributed by atoms with Crippen molar-refractivity contribution >= 4 is 34.1 Å². The van der Waals surface area contributed by atoms with E-state index in [4.69, 9.17) is 4.74 Å². The van der Waals surface area contributed by atoms with Crippen LogP contribution in [0.25, 0.3) is 16.6 Å². The van der Waals surface area contributed by atoms with Crippen molar-refractivity contribution < 1.29 is 18.7 Å². The second kappa shape index (κ2) is 13.0. The molecule has 1 fully saturated rings. The van der Waals surface area contributed by atoms with Crippen molar-refractivity contribution in [2.75, 3.05) is 43.4 Å². The predicted octanol–water partition coefficient (Wildman–Crippen LogP) is 5.63. The Labute approximate surface area is 288 Å². The molecule has 0 saturated carbocycles. The molecule has 2 unspecified atom stereocenters. The van der Waals surface area contributed by atoms with E-state index in [0.717, 1.165) is 24.3 Å². The highest BCUT2D eigenvalue weighted by molar-refractivity contribution is 6.01. The van der Waals surface area contributed by atoms with Crippen molar-refractivity contribution in [1.82, 2.24) is 19.8 Å². The number of carbonyl (C=O) groups is 2. The van der Waals surface area contributed by atoms with Crippen LogP contribution in [0, 0.1) is 5.82 Å². The average Bonchev–Trinajstić information content (AvgIpc) is 3.77. The summed E-state index contributed by atoms with van der Waals surface area (Å²) in [5, 5.41) is 6.63. The Morgan fingerprint density at radius 1 is 1.10 bits per heavy atom. The first-order valence-electron chi connectivity index (χ1n) is 17.1. The van der Waals surface area contributed by atoms with Gasteiger partial charge in [-0.05, 0) is 54.8 Å². The van der Waals surface area contributed by atoms with Gasteiger partial charge in [0.05, 0.1) is 11.1 Å². The number of pyridine rings is 2. The summed E-state index contributed by atoms with van der Waals surface area (Å²) in [6.07, 6.45) is 5.54. The maximum Gasteiger partial charge on any atom is 0.259 e. The summed E-state index contributed by atoms with van der Waals surface area (Å²) in [6, 6.07) is 22.1. The molecule has 2 atom stereocenters. The molecule has 11 heteroatoms. The minimum Gasteiger partial charge on any atom is -0.451 e. The number of para-hydroxylation sites is 3. The molecule has 3 aromatic carbocycles. The topological polar surface area (TPSA) is 109 Å². The number of halogens is 1. The van der Waals surface area contributed by atoms with Crippen LogP contribution in [0.2, 0.25) is 0 Å². The molecule has 10 nitrogen and oxygen atoms in total. The Morgan fingerprint density at radius 3 is 2.78 bits per heavy atom. The van der Waals surface area contributed by atoms with Gasteiger partial charge in [0, 0.05) is 81.8 Å². The molecule has 2 aromatic heterocycles. The molecule has 0 aliphatic carbocycles. The van der Waals surface area contributed by atoms with Crippen LogP contribution < -0.4 is 25.7 Å². The molecule has 0 radical (unpaired) electrons. The van der Waals surface area contributed by atoms with Gasteiger partial charge in [0.25, 0.3) is 5.91 Å². The van der Waals surface area contributed by atoms with E-state index in [1.807, 2.05) is 53.4 Å². The zero-order valence-corrected chi connectivity index (χ0v) is 27.7. The number of ether oxygens (including phenoxy) is 1. The van der Waals surface area contributed by atoms with E-state index in [1.165, 1.54) is 16.5 Å². The minimum atomic E-state index is -0.622. The SMILES string of the molecule is CN(CCc1ccccn1)C(=O)c1cn2c3c(c(N4CCC(NC(=O)CCC5CNc6ccccc65)C4)c(F)cc3c1=O)Oc1ccccc1-2. The van der Waals surface area contributed by atoms with Gasteiger partial charge in [-0.15, -0.1) is 0 Å². The number of likely N-dealkylation sites (N-methyl/N-ethyl adjacent to an activating group) is 1. The molecule has 2 N–H and O–H groups in total. The predicted molar refractivity (Wildman–Crippen MR) is 190 cm³/mol. The number of aromatic nitrogens is 2. The number of rotatable bonds is 9. The molecule has 3 aliphatic rings. The lowest BCUT2D eigenvalue weighted by Gasteiger charge is -2.29. The van der Waals surface area contributed by atoms with Gasteiger partial charge in [0.2, 0.25) is 11.3 Å². The van der Waals surface area contributed by atoms with Crippen LogP contribution >= 0.6 is 0 Å². The molecule has 1 saturated heterocycles. The number of fused-ring (bicyclic) bond motifs is 3. The second-order valence-electron chi connectivity index (χ2n) is 13.2. The number of hydrogen-bond acceptors (Lipinski definition) is 7. The molecule has 5 heterocycles. The highest BCUT2D eigenvalue weighted by Gasteiger charge is 2.34. The van der Waals surface area contributed by atoms with Crippen LogP contribution in [-0.2, 0) is 11.2 Å². The third-order valence-electron chi connectivity index (χ3n) is 10.0. The Morgan fingerprint density at radius 2 is 1.92 bits per heavy atom. The normalized spacial score (nSPS) is 17.1. The standard InChI is InChI=1S/C39H37FN6O4/c1-44(18-15-25-8-6-7-17-41-25)39(49)29-23-46-32-11-4-5-12-33(32)50-38-35(46)28(37(29)48)20-30(40)36(38)45-19-16-26(22-45)43-34(47)14-13-24-21-42-31-10-3-2-9-27(24)31/h2-12,17,20,23-24,26,42H,13-16,18-19,21-22H2,1H3,(H,43,47). The van der Waals surface area contributed by atoms with Gasteiger partial charge in [0.15, 0.2) is 17.3 Å². The highest BCUT2D eigenvalue weighted by Crippen LogP contribution is 2.47. The molecule has 8 rings (SSSR count). The number of amides is 2. The fraction of sp³-hybridized carbons (Fsp3) is 0.282. The van der Waals surface area contributed by atoms with E-state index in [1.54, 1.807) is 30.1 Å². The summed E-state index contributed by atoms with van der Waals surface area (Å²) in [7, 11) is 1.64. The first kappa shape index (κ1) is 31.6. The first-order valence-corrected chi connectivity index (χ1v) is 17.1. The van der Waals surface area contributed by atoms with Crippen molar-refractivity contribution in [3.8, 4) is 17.2 Å². The Kier molecular flexibility index (Phi) is 8.18. The Hall–Kier alpha value is -5.71. The van der Waals surface area contributed by atoms with Crippen molar-refractivity contribution in [3.63, 3.8) is 0 Å². The minimum absolute atomic E-state index is 0.0252. The molecular weight excluding hydrogens is 635 g/mol. The zero-order valence-electron chi connectivity index (χ0n) is 27.7. The summed E-state index contributed by atoms with van der Waals surface area (Å²) in [5.74, 6) is -0.121. The molecule has 5 aromatic rings. The van der Waals surface area contributed by atoms with Crippen LogP contribution in [-0.4, -0.2) is 65.5 Å². The van der Waals surface area contributed by atoms with Gasteiger partial charge in [0.1, 0.15) is 16.8 Å². The summed E-state index contributed by atoms with van der Waals surface area (Å²) >= 11 is 0.